The molecule has 0 bridgehead atoms. The molecule has 2 fully saturated rings. The summed E-state index contributed by atoms with van der Waals surface area (Å²) in [6, 6.07) is 0. The van der Waals surface area contributed by atoms with Gasteiger partial charge < -0.3 is 10.1 Å². The third-order valence-electron chi connectivity index (χ3n) is 4.43. The summed E-state index contributed by atoms with van der Waals surface area (Å²) in [5.74, 6) is 0. The summed E-state index contributed by atoms with van der Waals surface area (Å²) in [6.45, 7) is 8.87. The molecule has 0 amide bonds. The van der Waals surface area contributed by atoms with Crippen molar-refractivity contribution in [2.24, 2.45) is 0 Å². The minimum absolute atomic E-state index is 0.444. The molecule has 0 unspecified atom stereocenters. The van der Waals surface area contributed by atoms with Gasteiger partial charge in [-0.25, -0.2) is 0 Å². The van der Waals surface area contributed by atoms with Gasteiger partial charge in [-0.2, -0.15) is 0 Å². The minimum atomic E-state index is 0.444. The highest BCUT2D eigenvalue weighted by Gasteiger charge is 2.36. The Morgan fingerprint density at radius 2 is 2.00 bits per heavy atom. The molecule has 18 heavy (non-hydrogen) atoms. The molecule has 0 aromatic rings. The van der Waals surface area contributed by atoms with Gasteiger partial charge in [0.1, 0.15) is 0 Å². The van der Waals surface area contributed by atoms with E-state index in [4.69, 9.17) is 4.74 Å². The van der Waals surface area contributed by atoms with Crippen molar-refractivity contribution < 1.29 is 4.74 Å². The largest absolute Gasteiger partial charge is 0.380 e. The second-order valence-electron chi connectivity index (χ2n) is 6.01. The summed E-state index contributed by atoms with van der Waals surface area (Å²) in [6.07, 6.45) is 9.29. The summed E-state index contributed by atoms with van der Waals surface area (Å²) in [5.41, 5.74) is 0.444. The van der Waals surface area contributed by atoms with E-state index in [1.54, 1.807) is 0 Å². The quantitative estimate of drug-likeness (QED) is 0.737. The maximum absolute atomic E-state index is 5.71. The van der Waals surface area contributed by atoms with Crippen LogP contribution in [-0.4, -0.2) is 49.8 Å². The molecule has 1 aliphatic heterocycles. The van der Waals surface area contributed by atoms with Gasteiger partial charge in [0.05, 0.1) is 6.61 Å². The van der Waals surface area contributed by atoms with Crippen LogP contribution in [0.5, 0.6) is 0 Å². The van der Waals surface area contributed by atoms with Crippen LogP contribution in [0.15, 0.2) is 0 Å². The number of hydrogen-bond acceptors (Lipinski definition) is 3. The monoisotopic (exact) mass is 254 g/mol. The second-order valence-corrected chi connectivity index (χ2v) is 6.01. The first kappa shape index (κ1) is 14.3. The van der Waals surface area contributed by atoms with Gasteiger partial charge in [0.25, 0.3) is 0 Å². The highest BCUT2D eigenvalue weighted by molar-refractivity contribution is 4.96. The van der Waals surface area contributed by atoms with Crippen LogP contribution in [0.1, 0.15) is 51.9 Å². The zero-order valence-corrected chi connectivity index (χ0v) is 12.0. The molecule has 1 aliphatic carbocycles. The van der Waals surface area contributed by atoms with Gasteiger partial charge >= 0.3 is 0 Å². The topological polar surface area (TPSA) is 24.5 Å². The Bertz CT molecular complexity index is 227. The van der Waals surface area contributed by atoms with Gasteiger partial charge in [0.15, 0.2) is 0 Å². The Hall–Kier alpha value is -0.120. The van der Waals surface area contributed by atoms with Crippen LogP contribution in [0.25, 0.3) is 0 Å². The SMILES string of the molecule is CCCCOCCN1CCCNC2(CCCC2)C1. The first-order chi connectivity index (χ1) is 8.85. The molecule has 2 aliphatic rings. The molecule has 1 saturated heterocycles. The molecular formula is C15H30N2O. The van der Waals surface area contributed by atoms with Crippen molar-refractivity contribution in [2.45, 2.75) is 57.4 Å². The molecule has 106 valence electrons. The van der Waals surface area contributed by atoms with Crippen LogP contribution in [-0.2, 0) is 4.74 Å². The van der Waals surface area contributed by atoms with Crippen molar-refractivity contribution in [3.63, 3.8) is 0 Å². The zero-order valence-electron chi connectivity index (χ0n) is 12.0. The third-order valence-corrected chi connectivity index (χ3v) is 4.43. The Labute approximate surface area is 112 Å². The van der Waals surface area contributed by atoms with E-state index in [1.807, 2.05) is 0 Å². The molecule has 3 nitrogen and oxygen atoms in total. The summed E-state index contributed by atoms with van der Waals surface area (Å²) in [7, 11) is 0. The van der Waals surface area contributed by atoms with E-state index in [-0.39, 0.29) is 0 Å². The predicted molar refractivity (Wildman–Crippen MR) is 76.0 cm³/mol. The predicted octanol–water partition coefficient (Wildman–Crippen LogP) is 2.41. The smallest absolute Gasteiger partial charge is 0.0593 e. The maximum atomic E-state index is 5.71. The third kappa shape index (κ3) is 4.22. The normalized spacial score (nSPS) is 24.5. The molecule has 1 spiro atoms. The van der Waals surface area contributed by atoms with Crippen molar-refractivity contribution in [1.82, 2.24) is 10.2 Å². The highest BCUT2D eigenvalue weighted by atomic mass is 16.5. The number of rotatable bonds is 6. The average molecular weight is 254 g/mol. The number of nitrogens with one attached hydrogen (secondary N) is 1. The van der Waals surface area contributed by atoms with E-state index in [1.165, 1.54) is 64.6 Å². The fraction of sp³-hybridized carbons (Fsp3) is 1.00. The van der Waals surface area contributed by atoms with Crippen molar-refractivity contribution in [3.05, 3.63) is 0 Å². The van der Waals surface area contributed by atoms with Crippen LogP contribution < -0.4 is 5.32 Å². The summed E-state index contributed by atoms with van der Waals surface area (Å²) < 4.78 is 5.71. The number of ether oxygens (including phenoxy) is 1. The first-order valence-corrected chi connectivity index (χ1v) is 7.90. The van der Waals surface area contributed by atoms with Crippen molar-refractivity contribution >= 4 is 0 Å². The average Bonchev–Trinajstić information content (AvgIpc) is 2.72. The van der Waals surface area contributed by atoms with Gasteiger partial charge in [0.2, 0.25) is 0 Å². The van der Waals surface area contributed by atoms with Crippen LogP contribution in [0, 0.1) is 0 Å². The Morgan fingerprint density at radius 3 is 2.78 bits per heavy atom. The summed E-state index contributed by atoms with van der Waals surface area (Å²) in [5, 5.41) is 3.82. The van der Waals surface area contributed by atoms with Crippen LogP contribution in [0.3, 0.4) is 0 Å². The van der Waals surface area contributed by atoms with Crippen molar-refractivity contribution in [2.75, 3.05) is 39.4 Å². The Kier molecular flexibility index (Phi) is 5.93. The summed E-state index contributed by atoms with van der Waals surface area (Å²) in [4.78, 5) is 2.62. The van der Waals surface area contributed by atoms with E-state index >= 15 is 0 Å². The zero-order chi connectivity index (χ0) is 12.7. The van der Waals surface area contributed by atoms with E-state index in [2.05, 4.69) is 17.1 Å². The number of unbranched alkanes of at least 4 members (excludes halogenated alkanes) is 1. The molecule has 0 aromatic carbocycles. The fourth-order valence-electron chi connectivity index (χ4n) is 3.34. The molecule has 2 rings (SSSR count). The lowest BCUT2D eigenvalue weighted by Gasteiger charge is -2.33. The van der Waals surface area contributed by atoms with E-state index in [0.717, 1.165) is 19.8 Å². The maximum Gasteiger partial charge on any atom is 0.0593 e. The molecule has 0 radical (unpaired) electrons. The highest BCUT2D eigenvalue weighted by Crippen LogP contribution is 2.31. The second kappa shape index (κ2) is 7.46. The number of nitrogens with zero attached hydrogens (tertiary/aromatic N) is 1. The summed E-state index contributed by atoms with van der Waals surface area (Å²) >= 11 is 0. The molecule has 0 aromatic heterocycles. The number of hydrogen-bond donors (Lipinski definition) is 1. The van der Waals surface area contributed by atoms with Crippen LogP contribution >= 0.6 is 0 Å². The first-order valence-electron chi connectivity index (χ1n) is 7.90. The van der Waals surface area contributed by atoms with Crippen molar-refractivity contribution in [3.8, 4) is 0 Å². The molecule has 1 heterocycles. The lowest BCUT2D eigenvalue weighted by molar-refractivity contribution is 0.0942. The standard InChI is InChI=1S/C15H30N2O/c1-2-3-12-18-13-11-17-10-6-9-16-15(14-17)7-4-5-8-15/h16H,2-14H2,1H3. The van der Waals surface area contributed by atoms with Crippen molar-refractivity contribution in [1.29, 1.82) is 0 Å². The van der Waals surface area contributed by atoms with Gasteiger partial charge in [-0.1, -0.05) is 26.2 Å². The van der Waals surface area contributed by atoms with Gasteiger partial charge in [-0.15, -0.1) is 0 Å². The lowest BCUT2D eigenvalue weighted by atomic mass is 9.97. The lowest BCUT2D eigenvalue weighted by Crippen LogP contribution is -2.49. The molecule has 0 atom stereocenters. The Morgan fingerprint density at radius 1 is 1.17 bits per heavy atom. The van der Waals surface area contributed by atoms with Gasteiger partial charge in [-0.3, -0.25) is 4.90 Å². The van der Waals surface area contributed by atoms with Crippen LogP contribution in [0.4, 0.5) is 0 Å². The fourth-order valence-corrected chi connectivity index (χ4v) is 3.34. The van der Waals surface area contributed by atoms with Crippen LogP contribution in [0.2, 0.25) is 0 Å². The van der Waals surface area contributed by atoms with Gasteiger partial charge in [-0.05, 0) is 38.8 Å². The molecule has 1 N–H and O–H groups in total. The molecule has 1 saturated carbocycles. The van der Waals surface area contributed by atoms with E-state index < -0.39 is 0 Å². The Balaban J connectivity index is 1.70. The molecule has 3 heteroatoms. The molecular weight excluding hydrogens is 224 g/mol. The minimum Gasteiger partial charge on any atom is -0.380 e. The van der Waals surface area contributed by atoms with E-state index in [9.17, 15) is 0 Å². The van der Waals surface area contributed by atoms with Gasteiger partial charge in [0, 0.05) is 25.2 Å². The van der Waals surface area contributed by atoms with E-state index in [0.29, 0.717) is 5.54 Å².